The van der Waals surface area contributed by atoms with Crippen LogP contribution in [0.3, 0.4) is 0 Å². The number of methoxy groups -OCH3 is 1. The van der Waals surface area contributed by atoms with E-state index >= 15 is 0 Å². The van der Waals surface area contributed by atoms with Crippen LogP contribution in [0.4, 0.5) is 4.79 Å². The molecular formula is C17H25BrN2O3. The summed E-state index contributed by atoms with van der Waals surface area (Å²) in [7, 11) is 1.68. The van der Waals surface area contributed by atoms with Crippen LogP contribution >= 0.6 is 15.9 Å². The van der Waals surface area contributed by atoms with Crippen molar-refractivity contribution in [2.75, 3.05) is 20.2 Å². The third-order valence-electron chi connectivity index (χ3n) is 3.63. The van der Waals surface area contributed by atoms with Gasteiger partial charge in [-0.05, 0) is 45.4 Å². The molecule has 0 aliphatic carbocycles. The van der Waals surface area contributed by atoms with Gasteiger partial charge in [0.25, 0.3) is 0 Å². The number of hydrogen-bond donors (Lipinski definition) is 1. The van der Waals surface area contributed by atoms with Crippen molar-refractivity contribution in [3.05, 3.63) is 28.2 Å². The highest BCUT2D eigenvalue weighted by atomic mass is 79.9. The molecule has 1 N–H and O–H groups in total. The minimum absolute atomic E-state index is 0.128. The number of carbonyl (C=O) groups is 1. The molecule has 23 heavy (non-hydrogen) atoms. The fourth-order valence-electron chi connectivity index (χ4n) is 2.68. The van der Waals surface area contributed by atoms with E-state index in [1.54, 1.807) is 7.11 Å². The Morgan fingerprint density at radius 2 is 2.17 bits per heavy atom. The highest BCUT2D eigenvalue weighted by Crippen LogP contribution is 2.25. The van der Waals surface area contributed by atoms with Gasteiger partial charge in [0.1, 0.15) is 11.4 Å². The molecule has 1 aromatic rings. The molecule has 1 aromatic carbocycles. The average molecular weight is 385 g/mol. The molecule has 0 aromatic heterocycles. The number of carbonyl (C=O) groups excluding carboxylic acids is 1. The van der Waals surface area contributed by atoms with Crippen molar-refractivity contribution in [1.29, 1.82) is 0 Å². The average Bonchev–Trinajstić information content (AvgIpc) is 2.84. The summed E-state index contributed by atoms with van der Waals surface area (Å²) in [4.78, 5) is 14.2. The van der Waals surface area contributed by atoms with Crippen molar-refractivity contribution in [3.8, 4) is 5.75 Å². The molecule has 1 saturated heterocycles. The number of amides is 1. The largest absolute Gasteiger partial charge is 0.496 e. The molecule has 1 unspecified atom stereocenters. The summed E-state index contributed by atoms with van der Waals surface area (Å²) in [5, 5.41) is 2.95. The molecule has 1 heterocycles. The Bertz CT molecular complexity index is 557. The van der Waals surface area contributed by atoms with E-state index in [0.29, 0.717) is 0 Å². The smallest absolute Gasteiger partial charge is 0.407 e. The monoisotopic (exact) mass is 384 g/mol. The second-order valence-electron chi connectivity index (χ2n) is 6.82. The van der Waals surface area contributed by atoms with Gasteiger partial charge in [-0.3, -0.25) is 4.90 Å². The van der Waals surface area contributed by atoms with Crippen LogP contribution in [0.15, 0.2) is 22.7 Å². The summed E-state index contributed by atoms with van der Waals surface area (Å²) in [6.07, 6.45) is 0.583. The zero-order valence-corrected chi connectivity index (χ0v) is 15.8. The number of benzene rings is 1. The van der Waals surface area contributed by atoms with Gasteiger partial charge in [0.15, 0.2) is 0 Å². The van der Waals surface area contributed by atoms with Crippen molar-refractivity contribution in [2.24, 2.45) is 0 Å². The van der Waals surface area contributed by atoms with Gasteiger partial charge in [-0.15, -0.1) is 0 Å². The Morgan fingerprint density at radius 1 is 1.43 bits per heavy atom. The SMILES string of the molecule is COc1ccc(Br)cc1CN1CCC(NC(=O)OC(C)(C)C)C1. The minimum atomic E-state index is -0.466. The molecule has 1 atom stereocenters. The number of nitrogens with one attached hydrogen (secondary N) is 1. The molecule has 0 spiro atoms. The van der Waals surface area contributed by atoms with Crippen LogP contribution in [0.25, 0.3) is 0 Å². The maximum Gasteiger partial charge on any atom is 0.407 e. The van der Waals surface area contributed by atoms with Crippen molar-refractivity contribution < 1.29 is 14.3 Å². The molecule has 5 nitrogen and oxygen atoms in total. The second-order valence-corrected chi connectivity index (χ2v) is 7.74. The summed E-state index contributed by atoms with van der Waals surface area (Å²) < 4.78 is 11.8. The predicted octanol–water partition coefficient (Wildman–Crippen LogP) is 3.56. The zero-order valence-electron chi connectivity index (χ0n) is 14.2. The van der Waals surface area contributed by atoms with Gasteiger partial charge >= 0.3 is 6.09 Å². The molecule has 0 saturated carbocycles. The van der Waals surface area contributed by atoms with E-state index in [1.807, 2.05) is 32.9 Å². The van der Waals surface area contributed by atoms with Crippen molar-refractivity contribution in [1.82, 2.24) is 10.2 Å². The summed E-state index contributed by atoms with van der Waals surface area (Å²) >= 11 is 3.50. The van der Waals surface area contributed by atoms with Crippen LogP contribution in [0.2, 0.25) is 0 Å². The van der Waals surface area contributed by atoms with Crippen LogP contribution in [0.5, 0.6) is 5.75 Å². The van der Waals surface area contributed by atoms with Gasteiger partial charge in [-0.1, -0.05) is 15.9 Å². The van der Waals surface area contributed by atoms with Gasteiger partial charge in [0, 0.05) is 35.7 Å². The van der Waals surface area contributed by atoms with E-state index in [9.17, 15) is 4.79 Å². The molecule has 6 heteroatoms. The lowest BCUT2D eigenvalue weighted by molar-refractivity contribution is 0.0505. The van der Waals surface area contributed by atoms with Gasteiger partial charge < -0.3 is 14.8 Å². The molecule has 1 amide bonds. The highest BCUT2D eigenvalue weighted by Gasteiger charge is 2.26. The first-order valence-electron chi connectivity index (χ1n) is 7.81. The van der Waals surface area contributed by atoms with Gasteiger partial charge in [0.2, 0.25) is 0 Å². The zero-order chi connectivity index (χ0) is 17.0. The molecule has 1 aliphatic rings. The van der Waals surface area contributed by atoms with E-state index < -0.39 is 5.60 Å². The molecule has 0 radical (unpaired) electrons. The standard InChI is InChI=1S/C17H25BrN2O3/c1-17(2,3)23-16(21)19-14-7-8-20(11-14)10-12-9-13(18)5-6-15(12)22-4/h5-6,9,14H,7-8,10-11H2,1-4H3,(H,19,21). The van der Waals surface area contributed by atoms with Gasteiger partial charge in [-0.25, -0.2) is 4.79 Å². The molecule has 2 rings (SSSR count). The lowest BCUT2D eigenvalue weighted by Gasteiger charge is -2.22. The van der Waals surface area contributed by atoms with E-state index in [0.717, 1.165) is 41.8 Å². The number of halogens is 1. The Hall–Kier alpha value is -1.27. The summed E-state index contributed by atoms with van der Waals surface area (Å²) in [6, 6.07) is 6.14. The van der Waals surface area contributed by atoms with Crippen LogP contribution < -0.4 is 10.1 Å². The Kier molecular flexibility index (Phi) is 5.92. The van der Waals surface area contributed by atoms with E-state index in [1.165, 1.54) is 0 Å². The number of ether oxygens (including phenoxy) is 2. The first kappa shape index (κ1) is 18.1. The minimum Gasteiger partial charge on any atom is -0.496 e. The lowest BCUT2D eigenvalue weighted by Crippen LogP contribution is -2.40. The molecule has 128 valence electrons. The van der Waals surface area contributed by atoms with Crippen LogP contribution in [-0.2, 0) is 11.3 Å². The number of hydrogen-bond acceptors (Lipinski definition) is 4. The Balaban J connectivity index is 1.88. The first-order chi connectivity index (χ1) is 10.8. The van der Waals surface area contributed by atoms with Crippen LogP contribution in [0, 0.1) is 0 Å². The topological polar surface area (TPSA) is 50.8 Å². The Morgan fingerprint density at radius 3 is 2.83 bits per heavy atom. The summed E-state index contributed by atoms with van der Waals surface area (Å²) in [6.45, 7) is 8.16. The number of likely N-dealkylation sites (tertiary alicyclic amines) is 1. The lowest BCUT2D eigenvalue weighted by atomic mass is 10.2. The normalized spacial score (nSPS) is 18.7. The molecule has 0 bridgehead atoms. The molecule has 1 fully saturated rings. The maximum absolute atomic E-state index is 11.8. The maximum atomic E-state index is 11.8. The molecule has 1 aliphatic heterocycles. The summed E-state index contributed by atoms with van der Waals surface area (Å²) in [5.41, 5.74) is 0.672. The van der Waals surface area contributed by atoms with E-state index in [4.69, 9.17) is 9.47 Å². The predicted molar refractivity (Wildman–Crippen MR) is 93.7 cm³/mol. The van der Waals surface area contributed by atoms with E-state index in [2.05, 4.69) is 32.2 Å². The first-order valence-corrected chi connectivity index (χ1v) is 8.60. The third-order valence-corrected chi connectivity index (χ3v) is 4.12. The van der Waals surface area contributed by atoms with Crippen molar-refractivity contribution in [2.45, 2.75) is 45.4 Å². The fourth-order valence-corrected chi connectivity index (χ4v) is 3.09. The number of rotatable bonds is 4. The third kappa shape index (κ3) is 5.70. The second kappa shape index (κ2) is 7.53. The van der Waals surface area contributed by atoms with Crippen molar-refractivity contribution in [3.63, 3.8) is 0 Å². The number of nitrogens with zero attached hydrogens (tertiary/aromatic N) is 1. The van der Waals surface area contributed by atoms with Crippen LogP contribution in [-0.4, -0.2) is 42.8 Å². The molecular weight excluding hydrogens is 360 g/mol. The van der Waals surface area contributed by atoms with E-state index in [-0.39, 0.29) is 12.1 Å². The fraction of sp³-hybridized carbons (Fsp3) is 0.588. The van der Waals surface area contributed by atoms with Crippen molar-refractivity contribution >= 4 is 22.0 Å². The van der Waals surface area contributed by atoms with Gasteiger partial charge in [-0.2, -0.15) is 0 Å². The van der Waals surface area contributed by atoms with Gasteiger partial charge in [0.05, 0.1) is 7.11 Å². The highest BCUT2D eigenvalue weighted by molar-refractivity contribution is 9.10. The summed E-state index contributed by atoms with van der Waals surface area (Å²) in [5.74, 6) is 0.886. The number of alkyl carbamates (subject to hydrolysis) is 1. The Labute approximate surface area is 146 Å². The quantitative estimate of drug-likeness (QED) is 0.861. The van der Waals surface area contributed by atoms with Crippen LogP contribution in [0.1, 0.15) is 32.8 Å².